The third-order valence-corrected chi connectivity index (χ3v) is 2.12. The number of nitro groups is 1. The Hall–Kier alpha value is -2.51. The molecule has 0 heterocycles. The molecule has 0 unspecified atom stereocenters. The number of nitrogens with zero attached hydrogens (tertiary/aromatic N) is 1. The lowest BCUT2D eigenvalue weighted by molar-refractivity contribution is -0.387. The van der Waals surface area contributed by atoms with Crippen molar-refractivity contribution in [3.05, 3.63) is 39.7 Å². The minimum Gasteiger partial charge on any atom is -0.480 e. The Kier molecular flexibility index (Phi) is 3.93. The summed E-state index contributed by atoms with van der Waals surface area (Å²) in [6.07, 6.45) is 0. The molecule has 1 amide bonds. The molecule has 96 valence electrons. The number of hydrogen-bond acceptors (Lipinski definition) is 4. The second kappa shape index (κ2) is 5.21. The van der Waals surface area contributed by atoms with Crippen molar-refractivity contribution in [3.63, 3.8) is 0 Å². The second-order valence-corrected chi connectivity index (χ2v) is 3.46. The van der Waals surface area contributed by atoms with Crippen molar-refractivity contribution in [2.24, 2.45) is 0 Å². The van der Waals surface area contributed by atoms with Crippen LogP contribution in [0.4, 0.5) is 10.1 Å². The molecule has 0 aromatic heterocycles. The van der Waals surface area contributed by atoms with Crippen LogP contribution >= 0.6 is 0 Å². The smallest absolute Gasteiger partial charge is 0.325 e. The summed E-state index contributed by atoms with van der Waals surface area (Å²) in [5.41, 5.74) is -0.941. The molecule has 1 aromatic carbocycles. The van der Waals surface area contributed by atoms with Gasteiger partial charge in [-0.2, -0.15) is 4.39 Å². The van der Waals surface area contributed by atoms with Gasteiger partial charge in [0.15, 0.2) is 0 Å². The fourth-order valence-corrected chi connectivity index (χ4v) is 1.14. The first-order valence-corrected chi connectivity index (χ1v) is 4.80. The highest BCUT2D eigenvalue weighted by Crippen LogP contribution is 2.17. The van der Waals surface area contributed by atoms with Gasteiger partial charge < -0.3 is 10.4 Å². The Bertz CT molecular complexity index is 517. The van der Waals surface area contributed by atoms with Crippen LogP contribution in [0.5, 0.6) is 0 Å². The zero-order chi connectivity index (χ0) is 13.9. The summed E-state index contributed by atoms with van der Waals surface area (Å²) < 4.78 is 13.2. The van der Waals surface area contributed by atoms with Crippen LogP contribution in [0.2, 0.25) is 0 Å². The molecule has 0 aliphatic rings. The van der Waals surface area contributed by atoms with E-state index in [1.807, 2.05) is 0 Å². The first-order chi connectivity index (χ1) is 8.32. The molecule has 1 aromatic rings. The molecule has 2 N–H and O–H groups in total. The minimum atomic E-state index is -1.24. The third kappa shape index (κ3) is 3.00. The second-order valence-electron chi connectivity index (χ2n) is 3.46. The lowest BCUT2D eigenvalue weighted by Gasteiger charge is -2.09. The molecular formula is C10H9FN2O5. The number of carbonyl (C=O) groups is 2. The molecule has 0 fully saturated rings. The fraction of sp³-hybridized carbons (Fsp3) is 0.200. The SMILES string of the molecule is C[C@H](NC(=O)c1ccc([N+](=O)[O-])c(F)c1)C(=O)O. The van der Waals surface area contributed by atoms with Gasteiger partial charge in [-0.1, -0.05) is 0 Å². The van der Waals surface area contributed by atoms with E-state index >= 15 is 0 Å². The van der Waals surface area contributed by atoms with Crippen molar-refractivity contribution in [1.82, 2.24) is 5.32 Å². The predicted octanol–water partition coefficient (Wildman–Crippen LogP) is 0.937. The van der Waals surface area contributed by atoms with Gasteiger partial charge in [-0.15, -0.1) is 0 Å². The van der Waals surface area contributed by atoms with E-state index in [2.05, 4.69) is 5.32 Å². The topological polar surface area (TPSA) is 110 Å². The zero-order valence-corrected chi connectivity index (χ0v) is 9.21. The van der Waals surface area contributed by atoms with Gasteiger partial charge in [0.05, 0.1) is 4.92 Å². The van der Waals surface area contributed by atoms with Gasteiger partial charge in [0.25, 0.3) is 5.91 Å². The molecule has 0 aliphatic carbocycles. The van der Waals surface area contributed by atoms with Gasteiger partial charge in [-0.3, -0.25) is 19.7 Å². The van der Waals surface area contributed by atoms with Gasteiger partial charge in [0.1, 0.15) is 6.04 Å². The fourth-order valence-electron chi connectivity index (χ4n) is 1.14. The lowest BCUT2D eigenvalue weighted by Crippen LogP contribution is -2.38. The highest BCUT2D eigenvalue weighted by Gasteiger charge is 2.19. The highest BCUT2D eigenvalue weighted by atomic mass is 19.1. The Balaban J connectivity index is 2.91. The number of benzene rings is 1. The van der Waals surface area contributed by atoms with E-state index in [-0.39, 0.29) is 5.56 Å². The number of amides is 1. The normalized spacial score (nSPS) is 11.7. The molecule has 0 spiro atoms. The number of hydrogen-bond donors (Lipinski definition) is 2. The molecule has 0 saturated carbocycles. The molecular weight excluding hydrogens is 247 g/mol. The van der Waals surface area contributed by atoms with E-state index in [0.29, 0.717) is 6.07 Å². The van der Waals surface area contributed by atoms with E-state index in [4.69, 9.17) is 5.11 Å². The first kappa shape index (κ1) is 13.6. The number of nitrogens with one attached hydrogen (secondary N) is 1. The number of nitro benzene ring substituents is 1. The number of rotatable bonds is 4. The van der Waals surface area contributed by atoms with E-state index < -0.39 is 34.3 Å². The molecule has 0 radical (unpaired) electrons. The Morgan fingerprint density at radius 2 is 2.11 bits per heavy atom. The van der Waals surface area contributed by atoms with Crippen LogP contribution in [0, 0.1) is 15.9 Å². The van der Waals surface area contributed by atoms with Crippen molar-refractivity contribution in [1.29, 1.82) is 0 Å². The van der Waals surface area contributed by atoms with Crippen molar-refractivity contribution >= 4 is 17.6 Å². The third-order valence-electron chi connectivity index (χ3n) is 2.12. The molecule has 18 heavy (non-hydrogen) atoms. The van der Waals surface area contributed by atoms with Gasteiger partial charge in [-0.25, -0.2) is 0 Å². The molecule has 0 aliphatic heterocycles. The average Bonchev–Trinajstić information content (AvgIpc) is 2.27. The van der Waals surface area contributed by atoms with Gasteiger partial charge >= 0.3 is 11.7 Å². The summed E-state index contributed by atoms with van der Waals surface area (Å²) in [6, 6.07) is 1.43. The maximum Gasteiger partial charge on any atom is 0.325 e. The van der Waals surface area contributed by atoms with Crippen LogP contribution in [0.25, 0.3) is 0 Å². The van der Waals surface area contributed by atoms with Crippen LogP contribution in [0.1, 0.15) is 17.3 Å². The molecule has 0 bridgehead atoms. The lowest BCUT2D eigenvalue weighted by atomic mass is 10.1. The number of halogens is 1. The quantitative estimate of drug-likeness (QED) is 0.615. The maximum absolute atomic E-state index is 13.2. The molecule has 0 saturated heterocycles. The van der Waals surface area contributed by atoms with Crippen LogP contribution in [0.15, 0.2) is 18.2 Å². The standard InChI is InChI=1S/C10H9FN2O5/c1-5(10(15)16)12-9(14)6-2-3-8(13(17)18)7(11)4-6/h2-5H,1H3,(H,12,14)(H,15,16)/t5-/m0/s1. The van der Waals surface area contributed by atoms with Crippen LogP contribution in [0.3, 0.4) is 0 Å². The van der Waals surface area contributed by atoms with E-state index in [1.54, 1.807) is 0 Å². The largest absolute Gasteiger partial charge is 0.480 e. The zero-order valence-electron chi connectivity index (χ0n) is 9.21. The van der Waals surface area contributed by atoms with Crippen LogP contribution < -0.4 is 5.32 Å². The molecule has 1 atom stereocenters. The van der Waals surface area contributed by atoms with Crippen molar-refractivity contribution in [3.8, 4) is 0 Å². The monoisotopic (exact) mass is 256 g/mol. The van der Waals surface area contributed by atoms with Crippen LogP contribution in [-0.4, -0.2) is 27.9 Å². The minimum absolute atomic E-state index is 0.189. The summed E-state index contributed by atoms with van der Waals surface area (Å²) in [4.78, 5) is 31.4. The summed E-state index contributed by atoms with van der Waals surface area (Å²) in [5.74, 6) is -3.22. The van der Waals surface area contributed by atoms with Gasteiger partial charge in [0.2, 0.25) is 5.82 Å². The Labute approximate surface area is 100 Å². The molecule has 8 heteroatoms. The summed E-state index contributed by atoms with van der Waals surface area (Å²) >= 11 is 0. The number of carboxylic acids is 1. The highest BCUT2D eigenvalue weighted by molar-refractivity contribution is 5.96. The number of carboxylic acid groups (broad SMARTS) is 1. The van der Waals surface area contributed by atoms with E-state index in [9.17, 15) is 24.1 Å². The summed E-state index contributed by atoms with van der Waals surface area (Å²) in [7, 11) is 0. The predicted molar refractivity (Wildman–Crippen MR) is 57.6 cm³/mol. The van der Waals surface area contributed by atoms with Gasteiger partial charge in [-0.05, 0) is 19.1 Å². The molecule has 7 nitrogen and oxygen atoms in total. The molecule has 1 rings (SSSR count). The van der Waals surface area contributed by atoms with E-state index in [0.717, 1.165) is 12.1 Å². The first-order valence-electron chi connectivity index (χ1n) is 4.80. The maximum atomic E-state index is 13.2. The number of carbonyl (C=O) groups excluding carboxylic acids is 1. The van der Waals surface area contributed by atoms with Crippen LogP contribution in [-0.2, 0) is 4.79 Å². The van der Waals surface area contributed by atoms with Crippen molar-refractivity contribution in [2.45, 2.75) is 13.0 Å². The van der Waals surface area contributed by atoms with Crippen molar-refractivity contribution < 1.29 is 24.0 Å². The van der Waals surface area contributed by atoms with Crippen molar-refractivity contribution in [2.75, 3.05) is 0 Å². The number of aliphatic carboxylic acids is 1. The van der Waals surface area contributed by atoms with Gasteiger partial charge in [0, 0.05) is 11.6 Å². The Morgan fingerprint density at radius 1 is 1.50 bits per heavy atom. The average molecular weight is 256 g/mol. The van der Waals surface area contributed by atoms with E-state index in [1.165, 1.54) is 6.92 Å². The Morgan fingerprint density at radius 3 is 2.56 bits per heavy atom. The summed E-state index contributed by atoms with van der Waals surface area (Å²) in [6.45, 7) is 1.24. The summed E-state index contributed by atoms with van der Waals surface area (Å²) in [5, 5.41) is 21.0.